The van der Waals surface area contributed by atoms with Crippen molar-refractivity contribution in [3.8, 4) is 0 Å². The monoisotopic (exact) mass is 380 g/mol. The normalized spacial score (nSPS) is 17.2. The number of amides is 1. The number of nitrogens with zero attached hydrogens (tertiary/aromatic N) is 2. The smallest absolute Gasteiger partial charge is 0.326 e. The Hall–Kier alpha value is -2.26. The Morgan fingerprint density at radius 2 is 2.24 bits per heavy atom. The third-order valence-electron chi connectivity index (χ3n) is 3.63. The van der Waals surface area contributed by atoms with E-state index in [0.717, 1.165) is 23.1 Å². The second-order valence-electron chi connectivity index (χ2n) is 5.40. The van der Waals surface area contributed by atoms with Crippen LogP contribution in [0, 0.1) is 10.1 Å². The summed E-state index contributed by atoms with van der Waals surface area (Å²) in [5, 5.41) is 20.3. The van der Waals surface area contributed by atoms with Crippen LogP contribution in [-0.2, 0) is 9.59 Å². The highest BCUT2D eigenvalue weighted by molar-refractivity contribution is 8.26. The van der Waals surface area contributed by atoms with E-state index < -0.39 is 22.8 Å². The number of hydrogen-bond acceptors (Lipinski definition) is 6. The number of nitro benzene ring substituents is 1. The van der Waals surface area contributed by atoms with Gasteiger partial charge in [-0.25, -0.2) is 4.79 Å². The van der Waals surface area contributed by atoms with Gasteiger partial charge >= 0.3 is 5.97 Å². The zero-order valence-corrected chi connectivity index (χ0v) is 15.0. The van der Waals surface area contributed by atoms with Gasteiger partial charge in [0, 0.05) is 12.1 Å². The fourth-order valence-corrected chi connectivity index (χ4v) is 3.75. The second-order valence-corrected chi connectivity index (χ2v) is 7.08. The van der Waals surface area contributed by atoms with Crippen LogP contribution < -0.4 is 0 Å². The number of unbranched alkanes of at least 4 members (excludes halogenated alkanes) is 1. The molecule has 7 nitrogen and oxygen atoms in total. The van der Waals surface area contributed by atoms with E-state index in [9.17, 15) is 24.8 Å². The number of carbonyl (C=O) groups excluding carboxylic acids is 1. The van der Waals surface area contributed by atoms with Crippen LogP contribution in [0.2, 0.25) is 0 Å². The first-order chi connectivity index (χ1) is 11.8. The van der Waals surface area contributed by atoms with E-state index in [0.29, 0.717) is 18.4 Å². The molecule has 1 heterocycles. The number of thiocarbonyl (C=S) groups is 1. The molecule has 1 aliphatic rings. The summed E-state index contributed by atoms with van der Waals surface area (Å²) in [7, 11) is 0. The van der Waals surface area contributed by atoms with Crippen molar-refractivity contribution >= 4 is 51.9 Å². The molecule has 132 valence electrons. The molecule has 1 aromatic carbocycles. The largest absolute Gasteiger partial charge is 0.480 e. The molecule has 1 atom stereocenters. The average Bonchev–Trinajstić information content (AvgIpc) is 2.83. The quantitative estimate of drug-likeness (QED) is 0.335. The molecule has 0 unspecified atom stereocenters. The summed E-state index contributed by atoms with van der Waals surface area (Å²) >= 11 is 6.19. The van der Waals surface area contributed by atoms with Crippen LogP contribution in [-0.4, -0.2) is 37.2 Å². The number of thioether (sulfide) groups is 1. The molecule has 2 rings (SSSR count). The molecular weight excluding hydrogens is 364 g/mol. The minimum atomic E-state index is -1.10. The van der Waals surface area contributed by atoms with Gasteiger partial charge in [0.15, 0.2) is 0 Å². The molecule has 1 aromatic rings. The van der Waals surface area contributed by atoms with Crippen LogP contribution in [0.5, 0.6) is 0 Å². The Morgan fingerprint density at radius 1 is 1.52 bits per heavy atom. The van der Waals surface area contributed by atoms with Crippen molar-refractivity contribution in [2.75, 3.05) is 0 Å². The maximum absolute atomic E-state index is 12.6. The Kier molecular flexibility index (Phi) is 6.27. The van der Waals surface area contributed by atoms with Crippen LogP contribution in [0.4, 0.5) is 5.69 Å². The summed E-state index contributed by atoms with van der Waals surface area (Å²) < 4.78 is 0.185. The number of carboxylic acids is 1. The van der Waals surface area contributed by atoms with Gasteiger partial charge in [0.1, 0.15) is 10.4 Å². The van der Waals surface area contributed by atoms with E-state index in [4.69, 9.17) is 12.2 Å². The number of non-ortho nitro benzene ring substituents is 1. The second kappa shape index (κ2) is 8.21. The van der Waals surface area contributed by atoms with Crippen molar-refractivity contribution in [1.82, 2.24) is 4.90 Å². The van der Waals surface area contributed by atoms with Crippen LogP contribution >= 0.6 is 24.0 Å². The summed E-state index contributed by atoms with van der Waals surface area (Å²) in [6.45, 7) is 1.94. The Bertz CT molecular complexity index is 763. The number of carbonyl (C=O) groups is 2. The lowest BCUT2D eigenvalue weighted by molar-refractivity contribution is -0.384. The third-order valence-corrected chi connectivity index (χ3v) is 4.96. The molecular formula is C16H16N2O5S2. The van der Waals surface area contributed by atoms with Crippen molar-refractivity contribution in [3.63, 3.8) is 0 Å². The first kappa shape index (κ1) is 19.1. The molecule has 1 amide bonds. The molecule has 1 aliphatic heterocycles. The van der Waals surface area contributed by atoms with Crippen LogP contribution in [0.3, 0.4) is 0 Å². The van der Waals surface area contributed by atoms with Crippen molar-refractivity contribution in [2.24, 2.45) is 0 Å². The van der Waals surface area contributed by atoms with E-state index >= 15 is 0 Å². The zero-order valence-electron chi connectivity index (χ0n) is 13.4. The van der Waals surface area contributed by atoms with Crippen molar-refractivity contribution in [3.05, 3.63) is 44.8 Å². The summed E-state index contributed by atoms with van der Waals surface area (Å²) in [5.74, 6) is -1.58. The van der Waals surface area contributed by atoms with Gasteiger partial charge in [-0.15, -0.1) is 0 Å². The molecule has 0 bridgehead atoms. The van der Waals surface area contributed by atoms with E-state index in [1.807, 2.05) is 6.92 Å². The van der Waals surface area contributed by atoms with E-state index in [2.05, 4.69) is 0 Å². The lowest BCUT2D eigenvalue weighted by atomic mass is 10.1. The van der Waals surface area contributed by atoms with Gasteiger partial charge in [0.25, 0.3) is 11.6 Å². The summed E-state index contributed by atoms with van der Waals surface area (Å²) in [4.78, 5) is 35.8. The number of nitro groups is 1. The standard InChI is InChI=1S/C16H16N2O5S2/c1-2-3-7-12(15(20)21)17-14(19)13(25-16(17)24)9-10-5-4-6-11(8-10)18(22)23/h4-6,8-9,12H,2-3,7H2,1H3,(H,20,21)/b13-9-/t12-/m1/s1. The molecule has 1 saturated heterocycles. The van der Waals surface area contributed by atoms with Gasteiger partial charge in [-0.3, -0.25) is 19.8 Å². The van der Waals surface area contributed by atoms with Crippen LogP contribution in [0.15, 0.2) is 29.2 Å². The molecule has 0 aromatic heterocycles. The number of hydrogen-bond donors (Lipinski definition) is 1. The fraction of sp³-hybridized carbons (Fsp3) is 0.312. The Morgan fingerprint density at radius 3 is 2.84 bits per heavy atom. The Balaban J connectivity index is 2.29. The molecule has 0 saturated carbocycles. The highest BCUT2D eigenvalue weighted by Crippen LogP contribution is 2.35. The minimum Gasteiger partial charge on any atom is -0.480 e. The highest BCUT2D eigenvalue weighted by atomic mass is 32.2. The first-order valence-electron chi connectivity index (χ1n) is 7.59. The number of benzene rings is 1. The van der Waals surface area contributed by atoms with E-state index in [1.54, 1.807) is 6.07 Å². The number of rotatable bonds is 7. The summed E-state index contributed by atoms with van der Waals surface area (Å²) in [6.07, 6.45) is 3.29. The highest BCUT2D eigenvalue weighted by Gasteiger charge is 2.40. The van der Waals surface area contributed by atoms with Gasteiger partial charge in [-0.05, 0) is 18.1 Å². The van der Waals surface area contributed by atoms with Crippen molar-refractivity contribution < 1.29 is 19.6 Å². The van der Waals surface area contributed by atoms with Gasteiger partial charge < -0.3 is 5.11 Å². The molecule has 0 aliphatic carbocycles. The molecule has 9 heteroatoms. The van der Waals surface area contributed by atoms with Gasteiger partial charge in [0.05, 0.1) is 9.83 Å². The zero-order chi connectivity index (χ0) is 18.6. The van der Waals surface area contributed by atoms with Crippen molar-refractivity contribution in [1.29, 1.82) is 0 Å². The molecule has 1 fully saturated rings. The van der Waals surface area contributed by atoms with Gasteiger partial charge in [-0.2, -0.15) is 0 Å². The number of aliphatic carboxylic acids is 1. The SMILES string of the molecule is CCCC[C@H](C(=O)O)N1C(=O)/C(=C/c2cccc([N+](=O)[O-])c2)SC1=S. The molecule has 0 radical (unpaired) electrons. The maximum atomic E-state index is 12.6. The molecule has 0 spiro atoms. The topological polar surface area (TPSA) is 101 Å². The average molecular weight is 380 g/mol. The minimum absolute atomic E-state index is 0.0874. The fourth-order valence-electron chi connectivity index (χ4n) is 2.39. The predicted molar refractivity (Wildman–Crippen MR) is 99.1 cm³/mol. The first-order valence-corrected chi connectivity index (χ1v) is 8.82. The summed E-state index contributed by atoms with van der Waals surface area (Å²) in [6, 6.07) is 4.85. The molecule has 1 N–H and O–H groups in total. The van der Waals surface area contributed by atoms with E-state index in [-0.39, 0.29) is 14.9 Å². The van der Waals surface area contributed by atoms with Crippen LogP contribution in [0.1, 0.15) is 31.7 Å². The van der Waals surface area contributed by atoms with Crippen molar-refractivity contribution in [2.45, 2.75) is 32.2 Å². The maximum Gasteiger partial charge on any atom is 0.326 e. The number of carboxylic acid groups (broad SMARTS) is 1. The lowest BCUT2D eigenvalue weighted by Crippen LogP contribution is -2.43. The van der Waals surface area contributed by atoms with Gasteiger partial charge in [0.2, 0.25) is 0 Å². The molecule has 25 heavy (non-hydrogen) atoms. The third kappa shape index (κ3) is 4.43. The van der Waals surface area contributed by atoms with Crippen LogP contribution in [0.25, 0.3) is 6.08 Å². The van der Waals surface area contributed by atoms with Gasteiger partial charge in [-0.1, -0.05) is 55.9 Å². The lowest BCUT2D eigenvalue weighted by Gasteiger charge is -2.22. The van der Waals surface area contributed by atoms with E-state index in [1.165, 1.54) is 24.3 Å². The summed E-state index contributed by atoms with van der Waals surface area (Å²) in [5.41, 5.74) is 0.394. The predicted octanol–water partition coefficient (Wildman–Crippen LogP) is 3.44. The Labute approximate surface area is 153 Å².